The van der Waals surface area contributed by atoms with Gasteiger partial charge in [-0.1, -0.05) is 11.6 Å². The molecule has 1 aromatic heterocycles. The van der Waals surface area contributed by atoms with Crippen LogP contribution in [-0.4, -0.2) is 26.4 Å². The Morgan fingerprint density at radius 2 is 2.23 bits per heavy atom. The maximum Gasteiger partial charge on any atom is 0.158 e. The number of furan rings is 1. The van der Waals surface area contributed by atoms with Crippen LogP contribution in [0.1, 0.15) is 18.6 Å². The molecule has 2 N–H and O–H groups in total. The Labute approximate surface area is 135 Å². The summed E-state index contributed by atoms with van der Waals surface area (Å²) in [6.45, 7) is 2.72. The van der Waals surface area contributed by atoms with Crippen molar-refractivity contribution in [1.82, 2.24) is 0 Å². The molecule has 5 heteroatoms. The van der Waals surface area contributed by atoms with E-state index >= 15 is 0 Å². The van der Waals surface area contributed by atoms with Crippen molar-refractivity contribution >= 4 is 11.6 Å². The van der Waals surface area contributed by atoms with Crippen molar-refractivity contribution in [3.8, 4) is 17.1 Å². The number of halogens is 1. The fraction of sp³-hybridized carbons (Fsp3) is 0.412. The van der Waals surface area contributed by atoms with Gasteiger partial charge in [0.2, 0.25) is 0 Å². The smallest absolute Gasteiger partial charge is 0.158 e. The summed E-state index contributed by atoms with van der Waals surface area (Å²) in [5, 5.41) is 2.82. The molecule has 1 atom stereocenters. The Balaban J connectivity index is 1.59. The minimum atomic E-state index is 0.398. The van der Waals surface area contributed by atoms with Gasteiger partial charge in [0.15, 0.2) is 5.76 Å². The van der Waals surface area contributed by atoms with Crippen LogP contribution in [0.25, 0.3) is 11.3 Å². The van der Waals surface area contributed by atoms with Crippen molar-refractivity contribution in [3.05, 3.63) is 41.1 Å². The van der Waals surface area contributed by atoms with Crippen LogP contribution in [0.3, 0.4) is 0 Å². The number of hydrogen-bond acceptors (Lipinski definition) is 3. The second kappa shape index (κ2) is 7.18. The molecule has 0 aliphatic carbocycles. The van der Waals surface area contributed by atoms with Crippen molar-refractivity contribution in [2.45, 2.75) is 25.5 Å². The maximum absolute atomic E-state index is 6.16. The lowest BCUT2D eigenvalue weighted by molar-refractivity contribution is -0.677. The first-order chi connectivity index (χ1) is 10.8. The van der Waals surface area contributed by atoms with Gasteiger partial charge in [0.1, 0.15) is 30.7 Å². The summed E-state index contributed by atoms with van der Waals surface area (Å²) in [7, 11) is 1.61. The van der Waals surface area contributed by atoms with Crippen LogP contribution in [0.2, 0.25) is 5.02 Å². The minimum absolute atomic E-state index is 0.398. The maximum atomic E-state index is 6.16. The third-order valence-electron chi connectivity index (χ3n) is 3.90. The number of quaternary nitrogens is 1. The van der Waals surface area contributed by atoms with Crippen LogP contribution >= 0.6 is 11.6 Å². The van der Waals surface area contributed by atoms with Crippen LogP contribution < -0.4 is 10.1 Å². The van der Waals surface area contributed by atoms with E-state index in [1.54, 1.807) is 7.11 Å². The molecule has 2 heterocycles. The first kappa shape index (κ1) is 15.4. The summed E-state index contributed by atoms with van der Waals surface area (Å²) in [6, 6.07) is 9.65. The Kier molecular flexibility index (Phi) is 5.03. The van der Waals surface area contributed by atoms with E-state index in [1.807, 2.05) is 30.3 Å². The molecule has 1 aliphatic heterocycles. The second-order valence-corrected chi connectivity index (χ2v) is 5.89. The van der Waals surface area contributed by atoms with Crippen LogP contribution in [0.5, 0.6) is 5.75 Å². The van der Waals surface area contributed by atoms with E-state index in [-0.39, 0.29) is 0 Å². The second-order valence-electron chi connectivity index (χ2n) is 5.48. The molecular formula is C17H21ClNO3+. The summed E-state index contributed by atoms with van der Waals surface area (Å²) >= 11 is 6.16. The molecule has 3 rings (SSSR count). The number of rotatable bonds is 6. The number of nitrogens with two attached hydrogens (primary N) is 1. The molecule has 0 unspecified atom stereocenters. The van der Waals surface area contributed by atoms with Crippen LogP contribution in [0.15, 0.2) is 34.7 Å². The van der Waals surface area contributed by atoms with Gasteiger partial charge in [-0.25, -0.2) is 0 Å². The number of ether oxygens (including phenoxy) is 2. The van der Waals surface area contributed by atoms with Crippen molar-refractivity contribution in [1.29, 1.82) is 0 Å². The molecule has 2 aromatic rings. The molecule has 1 aliphatic rings. The Bertz CT molecular complexity index is 620. The van der Waals surface area contributed by atoms with Crippen molar-refractivity contribution < 1.29 is 19.2 Å². The largest absolute Gasteiger partial charge is 0.495 e. The molecule has 0 amide bonds. The summed E-state index contributed by atoms with van der Waals surface area (Å²) in [4.78, 5) is 0. The molecule has 0 bridgehead atoms. The number of methoxy groups -OCH3 is 1. The standard InChI is InChI=1S/C17H20ClNO3/c1-20-17-6-4-12(9-15(17)18)16-7-5-14(22-16)11-19-10-13-3-2-8-21-13/h4-7,9,13,19H,2-3,8,10-11H2,1H3/p+1/t13-/m0/s1. The Hall–Kier alpha value is -1.49. The predicted molar refractivity (Wildman–Crippen MR) is 85.2 cm³/mol. The van der Waals surface area contributed by atoms with Gasteiger partial charge in [0.25, 0.3) is 0 Å². The Morgan fingerprint density at radius 1 is 1.32 bits per heavy atom. The zero-order valence-electron chi connectivity index (χ0n) is 12.7. The topological polar surface area (TPSA) is 48.2 Å². The van der Waals surface area contributed by atoms with E-state index in [2.05, 4.69) is 5.32 Å². The van der Waals surface area contributed by atoms with Crippen LogP contribution in [0.4, 0.5) is 0 Å². The average molecular weight is 323 g/mol. The van der Waals surface area contributed by atoms with Gasteiger partial charge in [0, 0.05) is 12.2 Å². The first-order valence-electron chi connectivity index (χ1n) is 7.62. The van der Waals surface area contributed by atoms with E-state index in [0.717, 1.165) is 36.8 Å². The van der Waals surface area contributed by atoms with E-state index < -0.39 is 0 Å². The monoisotopic (exact) mass is 322 g/mol. The van der Waals surface area contributed by atoms with Crippen molar-refractivity contribution in [3.63, 3.8) is 0 Å². The summed E-state index contributed by atoms with van der Waals surface area (Å²) in [5.74, 6) is 2.45. The minimum Gasteiger partial charge on any atom is -0.495 e. The average Bonchev–Trinajstić information content (AvgIpc) is 3.19. The van der Waals surface area contributed by atoms with Crippen molar-refractivity contribution in [2.24, 2.45) is 0 Å². The van der Waals surface area contributed by atoms with E-state index in [1.165, 1.54) is 12.8 Å². The fourth-order valence-corrected chi connectivity index (χ4v) is 2.96. The highest BCUT2D eigenvalue weighted by molar-refractivity contribution is 6.32. The van der Waals surface area contributed by atoms with Crippen LogP contribution in [0, 0.1) is 0 Å². The molecule has 1 saturated heterocycles. The van der Waals surface area contributed by atoms with Gasteiger partial charge < -0.3 is 19.2 Å². The molecule has 22 heavy (non-hydrogen) atoms. The molecule has 4 nitrogen and oxygen atoms in total. The molecule has 0 saturated carbocycles. The van der Waals surface area contributed by atoms with E-state index in [4.69, 9.17) is 25.5 Å². The molecular weight excluding hydrogens is 302 g/mol. The first-order valence-corrected chi connectivity index (χ1v) is 8.00. The van der Waals surface area contributed by atoms with Gasteiger partial charge >= 0.3 is 0 Å². The molecule has 0 radical (unpaired) electrons. The predicted octanol–water partition coefficient (Wildman–Crippen LogP) is 2.85. The normalized spacial score (nSPS) is 17.8. The van der Waals surface area contributed by atoms with Gasteiger partial charge in [-0.2, -0.15) is 0 Å². The van der Waals surface area contributed by atoms with Gasteiger partial charge in [-0.05, 0) is 43.2 Å². The molecule has 1 fully saturated rings. The lowest BCUT2D eigenvalue weighted by Gasteiger charge is -2.06. The highest BCUT2D eigenvalue weighted by Gasteiger charge is 2.17. The quantitative estimate of drug-likeness (QED) is 0.889. The van der Waals surface area contributed by atoms with Gasteiger partial charge in [0.05, 0.1) is 12.1 Å². The number of hydrogen-bond donors (Lipinski definition) is 1. The zero-order chi connectivity index (χ0) is 15.4. The van der Waals surface area contributed by atoms with E-state index in [0.29, 0.717) is 16.9 Å². The summed E-state index contributed by atoms with van der Waals surface area (Å²) in [6.07, 6.45) is 2.75. The summed E-state index contributed by atoms with van der Waals surface area (Å²) in [5.41, 5.74) is 0.955. The van der Waals surface area contributed by atoms with Gasteiger partial charge in [-0.15, -0.1) is 0 Å². The SMILES string of the molecule is COc1ccc(-c2ccc(C[NH2+]C[C@@H]3CCCO3)o2)cc1Cl. The zero-order valence-corrected chi connectivity index (χ0v) is 13.4. The van der Waals surface area contributed by atoms with E-state index in [9.17, 15) is 0 Å². The van der Waals surface area contributed by atoms with Crippen molar-refractivity contribution in [2.75, 3.05) is 20.3 Å². The lowest BCUT2D eigenvalue weighted by Crippen LogP contribution is -2.84. The lowest BCUT2D eigenvalue weighted by atomic mass is 10.2. The number of benzene rings is 1. The summed E-state index contributed by atoms with van der Waals surface area (Å²) < 4.78 is 16.7. The molecule has 0 spiro atoms. The highest BCUT2D eigenvalue weighted by atomic mass is 35.5. The molecule has 118 valence electrons. The molecule has 1 aromatic carbocycles. The Morgan fingerprint density at radius 3 is 2.95 bits per heavy atom. The fourth-order valence-electron chi connectivity index (χ4n) is 2.70. The van der Waals surface area contributed by atoms with Crippen LogP contribution in [-0.2, 0) is 11.3 Å². The highest BCUT2D eigenvalue weighted by Crippen LogP contribution is 2.30. The third kappa shape index (κ3) is 3.64. The third-order valence-corrected chi connectivity index (χ3v) is 4.19. The van der Waals surface area contributed by atoms with Gasteiger partial charge in [-0.3, -0.25) is 0 Å².